The van der Waals surface area contributed by atoms with Crippen molar-refractivity contribution in [2.75, 3.05) is 0 Å². The molecule has 2 aliphatic rings. The number of carbonyl (C=O) groups excluding carboxylic acids is 1. The van der Waals surface area contributed by atoms with Gasteiger partial charge < -0.3 is 5.32 Å². The highest BCUT2D eigenvalue weighted by atomic mass is 32.2. The topological polar surface area (TPSA) is 75.3 Å². The molecule has 3 unspecified atom stereocenters. The van der Waals surface area contributed by atoms with Gasteiger partial charge in [0.05, 0.1) is 4.90 Å². The van der Waals surface area contributed by atoms with E-state index in [-0.39, 0.29) is 21.8 Å². The molecule has 126 valence electrons. The highest BCUT2D eigenvalue weighted by Gasteiger charge is 2.59. The lowest BCUT2D eigenvalue weighted by molar-refractivity contribution is 0.115. The standard InChI is InChI=1S/C17H24N2O3S/c1-16(2)12-9-10-17(3,11-12)14(16)18-15(20)19-23(21,22)13-7-5-4-6-8-13/h4-8,12,14H,9-11H2,1-3H3,(H2,18,19,20). The summed E-state index contributed by atoms with van der Waals surface area (Å²) in [5.74, 6) is 0.587. The number of carbonyl (C=O) groups is 1. The monoisotopic (exact) mass is 336 g/mol. The maximum atomic E-state index is 12.3. The van der Waals surface area contributed by atoms with Gasteiger partial charge in [-0.3, -0.25) is 0 Å². The van der Waals surface area contributed by atoms with E-state index in [4.69, 9.17) is 0 Å². The van der Waals surface area contributed by atoms with Gasteiger partial charge in [-0.1, -0.05) is 39.0 Å². The van der Waals surface area contributed by atoms with Crippen LogP contribution in [-0.2, 0) is 10.0 Å². The molecule has 23 heavy (non-hydrogen) atoms. The highest BCUT2D eigenvalue weighted by Crippen LogP contribution is 2.62. The smallest absolute Gasteiger partial charge is 0.328 e. The number of hydrogen-bond acceptors (Lipinski definition) is 3. The minimum atomic E-state index is -3.83. The van der Waals surface area contributed by atoms with Crippen LogP contribution >= 0.6 is 0 Å². The van der Waals surface area contributed by atoms with Gasteiger partial charge in [0.1, 0.15) is 0 Å². The largest absolute Gasteiger partial charge is 0.333 e. The quantitative estimate of drug-likeness (QED) is 0.891. The molecule has 3 rings (SSSR count). The minimum absolute atomic E-state index is 0.0130. The summed E-state index contributed by atoms with van der Waals surface area (Å²) >= 11 is 0. The Morgan fingerprint density at radius 1 is 1.17 bits per heavy atom. The fourth-order valence-corrected chi connectivity index (χ4v) is 5.54. The summed E-state index contributed by atoms with van der Waals surface area (Å²) in [4.78, 5) is 12.4. The normalized spacial score (nSPS) is 31.8. The molecular weight excluding hydrogens is 312 g/mol. The van der Waals surface area contributed by atoms with Crippen LogP contribution in [0.1, 0.15) is 40.0 Å². The fraction of sp³-hybridized carbons (Fsp3) is 0.588. The third-order valence-electron chi connectivity index (χ3n) is 5.83. The van der Waals surface area contributed by atoms with Crippen molar-refractivity contribution in [3.63, 3.8) is 0 Å². The Kier molecular flexibility index (Phi) is 3.71. The molecule has 2 amide bonds. The number of nitrogens with one attached hydrogen (secondary N) is 2. The predicted octanol–water partition coefficient (Wildman–Crippen LogP) is 2.89. The van der Waals surface area contributed by atoms with Crippen LogP contribution in [0.4, 0.5) is 4.79 Å². The molecule has 2 aliphatic carbocycles. The first-order valence-electron chi connectivity index (χ1n) is 8.03. The first-order valence-corrected chi connectivity index (χ1v) is 9.52. The Labute approximate surface area is 137 Å². The highest BCUT2D eigenvalue weighted by molar-refractivity contribution is 7.90. The zero-order valence-corrected chi connectivity index (χ0v) is 14.6. The Hall–Kier alpha value is -1.56. The van der Waals surface area contributed by atoms with Crippen LogP contribution in [0.15, 0.2) is 35.2 Å². The maximum Gasteiger partial charge on any atom is 0.328 e. The summed E-state index contributed by atoms with van der Waals surface area (Å²) in [5, 5.41) is 2.94. The summed E-state index contributed by atoms with van der Waals surface area (Å²) in [6.45, 7) is 6.52. The second-order valence-electron chi connectivity index (χ2n) is 7.74. The van der Waals surface area contributed by atoms with E-state index in [0.29, 0.717) is 5.92 Å². The Bertz CT molecular complexity index is 710. The molecule has 1 aromatic rings. The Morgan fingerprint density at radius 3 is 2.39 bits per heavy atom. The van der Waals surface area contributed by atoms with Crippen LogP contribution < -0.4 is 10.0 Å². The number of fused-ring (bicyclic) bond motifs is 2. The minimum Gasteiger partial charge on any atom is -0.333 e. The summed E-state index contributed by atoms with van der Waals surface area (Å²) in [7, 11) is -3.83. The van der Waals surface area contributed by atoms with Crippen molar-refractivity contribution in [1.82, 2.24) is 10.0 Å². The van der Waals surface area contributed by atoms with Crippen LogP contribution in [0.5, 0.6) is 0 Å². The molecule has 0 saturated heterocycles. The molecule has 3 atom stereocenters. The summed E-state index contributed by atoms with van der Waals surface area (Å²) in [6.07, 6.45) is 3.36. The number of benzene rings is 1. The molecule has 0 heterocycles. The van der Waals surface area contributed by atoms with Crippen LogP contribution in [-0.4, -0.2) is 20.5 Å². The lowest BCUT2D eigenvalue weighted by atomic mass is 9.68. The molecule has 1 aromatic carbocycles. The molecule has 6 heteroatoms. The van der Waals surface area contributed by atoms with E-state index in [0.717, 1.165) is 12.8 Å². The van der Waals surface area contributed by atoms with Gasteiger partial charge in [0.2, 0.25) is 0 Å². The molecule has 0 aromatic heterocycles. The molecule has 2 bridgehead atoms. The molecule has 2 N–H and O–H groups in total. The molecule has 0 aliphatic heterocycles. The Balaban J connectivity index is 1.73. The zero-order valence-electron chi connectivity index (χ0n) is 13.8. The van der Waals surface area contributed by atoms with Gasteiger partial charge in [-0.15, -0.1) is 0 Å². The van der Waals surface area contributed by atoms with E-state index >= 15 is 0 Å². The summed E-state index contributed by atoms with van der Waals surface area (Å²) in [5.41, 5.74) is 0.0445. The number of hydrogen-bond donors (Lipinski definition) is 2. The van der Waals surface area contributed by atoms with E-state index in [1.54, 1.807) is 18.2 Å². The van der Waals surface area contributed by atoms with Gasteiger partial charge in [0, 0.05) is 6.04 Å². The van der Waals surface area contributed by atoms with E-state index in [9.17, 15) is 13.2 Å². The van der Waals surface area contributed by atoms with Crippen LogP contribution in [0.2, 0.25) is 0 Å². The summed E-state index contributed by atoms with van der Waals surface area (Å²) < 4.78 is 26.6. The second kappa shape index (κ2) is 5.23. The maximum absolute atomic E-state index is 12.3. The third-order valence-corrected chi connectivity index (χ3v) is 7.17. The number of urea groups is 1. The number of amides is 2. The number of sulfonamides is 1. The fourth-order valence-electron chi connectivity index (χ4n) is 4.60. The average molecular weight is 336 g/mol. The van der Waals surface area contributed by atoms with E-state index in [1.807, 2.05) is 0 Å². The van der Waals surface area contributed by atoms with Crippen LogP contribution in [0, 0.1) is 16.7 Å². The van der Waals surface area contributed by atoms with Gasteiger partial charge >= 0.3 is 6.03 Å². The molecule has 0 radical (unpaired) electrons. The first-order chi connectivity index (χ1) is 10.7. The SMILES string of the molecule is CC12CCC(C1)C(C)(C)C2NC(=O)NS(=O)(=O)c1ccccc1. The number of rotatable bonds is 3. The lowest BCUT2D eigenvalue weighted by Crippen LogP contribution is -2.55. The summed E-state index contributed by atoms with van der Waals surface area (Å²) in [6, 6.07) is 7.29. The van der Waals surface area contributed by atoms with Crippen molar-refractivity contribution in [1.29, 1.82) is 0 Å². The van der Waals surface area contributed by atoms with Gasteiger partial charge in [0.15, 0.2) is 0 Å². The van der Waals surface area contributed by atoms with Crippen molar-refractivity contribution in [3.8, 4) is 0 Å². The molecule has 5 nitrogen and oxygen atoms in total. The van der Waals surface area contributed by atoms with Crippen molar-refractivity contribution in [2.45, 2.75) is 51.0 Å². The van der Waals surface area contributed by atoms with E-state index < -0.39 is 16.1 Å². The van der Waals surface area contributed by atoms with Gasteiger partial charge in [-0.25, -0.2) is 17.9 Å². The molecule has 2 fully saturated rings. The van der Waals surface area contributed by atoms with Gasteiger partial charge in [0.25, 0.3) is 10.0 Å². The van der Waals surface area contributed by atoms with Crippen LogP contribution in [0.3, 0.4) is 0 Å². The molecule has 0 spiro atoms. The zero-order chi connectivity index (χ0) is 16.9. The van der Waals surface area contributed by atoms with Crippen LogP contribution in [0.25, 0.3) is 0 Å². The van der Waals surface area contributed by atoms with Gasteiger partial charge in [-0.05, 0) is 48.1 Å². The molecule has 2 saturated carbocycles. The van der Waals surface area contributed by atoms with Crippen molar-refractivity contribution in [2.24, 2.45) is 16.7 Å². The lowest BCUT2D eigenvalue weighted by Gasteiger charge is -2.42. The van der Waals surface area contributed by atoms with Crippen molar-refractivity contribution >= 4 is 16.1 Å². The van der Waals surface area contributed by atoms with Gasteiger partial charge in [-0.2, -0.15) is 0 Å². The Morgan fingerprint density at radius 2 is 1.83 bits per heavy atom. The first kappa shape index (κ1) is 16.3. The van der Waals surface area contributed by atoms with Crippen molar-refractivity contribution in [3.05, 3.63) is 30.3 Å². The van der Waals surface area contributed by atoms with E-state index in [1.165, 1.54) is 18.6 Å². The second-order valence-corrected chi connectivity index (χ2v) is 9.42. The average Bonchev–Trinajstić information content (AvgIpc) is 2.95. The van der Waals surface area contributed by atoms with Crippen molar-refractivity contribution < 1.29 is 13.2 Å². The predicted molar refractivity (Wildman–Crippen MR) is 88.3 cm³/mol. The van der Waals surface area contributed by atoms with E-state index in [2.05, 4.69) is 30.8 Å². The third kappa shape index (κ3) is 2.73. The molecular formula is C17H24N2O3S.